The molecule has 0 aromatic rings. The first-order valence-corrected chi connectivity index (χ1v) is 30.8. The van der Waals surface area contributed by atoms with Crippen LogP contribution in [0.1, 0.15) is 335 Å². The molecule has 0 aromatic heterocycles. The van der Waals surface area contributed by atoms with Crippen LogP contribution in [0.2, 0.25) is 0 Å². The first-order valence-electron chi connectivity index (χ1n) is 30.8. The number of aliphatic hydroxyl groups excluding tert-OH is 3. The summed E-state index contributed by atoms with van der Waals surface area (Å²) in [6.07, 6.45) is 76.9. The standard InChI is InChI=1S/C63H121NO4/c1-3-5-7-9-11-13-15-17-19-21-23-24-25-26-27-28-29-30-31-32-33-34-35-36-37-38-39-40-42-44-46-48-50-52-54-56-58-62(67)63(68)64-60(59-65)61(66)57-55-53-51-49-47-45-43-41-22-20-18-16-14-12-10-8-6-4-2/h22,41,47,49,55,57,60-62,65-67H,3-21,23-40,42-46,48,50-54,56,58-59H2,1-2H3,(H,64,68)/b41-22+,49-47+,57-55+. The molecule has 4 N–H and O–H groups in total. The summed E-state index contributed by atoms with van der Waals surface area (Å²) in [6, 6.07) is -0.820. The van der Waals surface area contributed by atoms with Crippen molar-refractivity contribution >= 4 is 5.91 Å². The number of allylic oxidation sites excluding steroid dienone is 5. The molecule has 5 nitrogen and oxygen atoms in total. The molecule has 3 atom stereocenters. The van der Waals surface area contributed by atoms with E-state index < -0.39 is 24.2 Å². The number of hydrogen-bond acceptors (Lipinski definition) is 4. The normalized spacial score (nSPS) is 13.4. The molecule has 0 aliphatic rings. The van der Waals surface area contributed by atoms with Gasteiger partial charge in [0.1, 0.15) is 6.10 Å². The minimum atomic E-state index is -1.11. The molecule has 5 heteroatoms. The second-order valence-electron chi connectivity index (χ2n) is 21.3. The number of carbonyl (C=O) groups is 1. The van der Waals surface area contributed by atoms with Gasteiger partial charge in [-0.1, -0.05) is 326 Å². The SMILES string of the molecule is CCCCCCCCCC/C=C/CC/C=C/CC/C=C/C(O)C(CO)NC(=O)C(O)CCCCCCCCCCCCCCCCCCCCCCCCCCCCCCCCCCCCCC. The molecule has 0 aliphatic carbocycles. The lowest BCUT2D eigenvalue weighted by Gasteiger charge is -2.21. The summed E-state index contributed by atoms with van der Waals surface area (Å²) in [5.74, 6) is -0.511. The number of rotatable bonds is 57. The van der Waals surface area contributed by atoms with Crippen LogP contribution in [0.3, 0.4) is 0 Å². The highest BCUT2D eigenvalue weighted by atomic mass is 16.3. The van der Waals surface area contributed by atoms with Gasteiger partial charge >= 0.3 is 0 Å². The Bertz CT molecular complexity index is 1060. The zero-order valence-corrected chi connectivity index (χ0v) is 46.0. The average molecular weight is 957 g/mol. The van der Waals surface area contributed by atoms with E-state index in [1.807, 2.05) is 6.08 Å². The van der Waals surface area contributed by atoms with Crippen molar-refractivity contribution in [3.05, 3.63) is 36.5 Å². The van der Waals surface area contributed by atoms with E-state index in [-0.39, 0.29) is 6.61 Å². The van der Waals surface area contributed by atoms with Crippen LogP contribution in [-0.4, -0.2) is 46.1 Å². The van der Waals surface area contributed by atoms with E-state index in [4.69, 9.17) is 0 Å². The smallest absolute Gasteiger partial charge is 0.249 e. The molecule has 0 saturated carbocycles. The molecule has 0 radical (unpaired) electrons. The highest BCUT2D eigenvalue weighted by Gasteiger charge is 2.22. The maximum atomic E-state index is 12.6. The van der Waals surface area contributed by atoms with Crippen molar-refractivity contribution in [2.24, 2.45) is 0 Å². The second-order valence-corrected chi connectivity index (χ2v) is 21.3. The van der Waals surface area contributed by atoms with Gasteiger partial charge in [0.25, 0.3) is 0 Å². The van der Waals surface area contributed by atoms with Gasteiger partial charge in [0.15, 0.2) is 0 Å². The molecule has 0 heterocycles. The van der Waals surface area contributed by atoms with Gasteiger partial charge < -0.3 is 20.6 Å². The summed E-state index contributed by atoms with van der Waals surface area (Å²) >= 11 is 0. The van der Waals surface area contributed by atoms with Crippen molar-refractivity contribution in [3.8, 4) is 0 Å². The molecule has 0 aliphatic heterocycles. The van der Waals surface area contributed by atoms with Gasteiger partial charge in [-0.15, -0.1) is 0 Å². The Morgan fingerprint density at radius 1 is 0.353 bits per heavy atom. The number of nitrogens with one attached hydrogen (secondary N) is 1. The molecule has 0 spiro atoms. The molecule has 0 rings (SSSR count). The fraction of sp³-hybridized carbons (Fsp3) is 0.889. The third-order valence-corrected chi connectivity index (χ3v) is 14.5. The highest BCUT2D eigenvalue weighted by Crippen LogP contribution is 2.18. The topological polar surface area (TPSA) is 89.8 Å². The molecule has 68 heavy (non-hydrogen) atoms. The van der Waals surface area contributed by atoms with Crippen LogP contribution in [0, 0.1) is 0 Å². The maximum Gasteiger partial charge on any atom is 0.249 e. The van der Waals surface area contributed by atoms with E-state index in [2.05, 4.69) is 43.5 Å². The Labute approximate surface area is 425 Å². The van der Waals surface area contributed by atoms with Crippen molar-refractivity contribution < 1.29 is 20.1 Å². The predicted molar refractivity (Wildman–Crippen MR) is 301 cm³/mol. The van der Waals surface area contributed by atoms with Gasteiger partial charge in [-0.3, -0.25) is 4.79 Å². The summed E-state index contributed by atoms with van der Waals surface area (Å²) in [7, 11) is 0. The quantitative estimate of drug-likeness (QED) is 0.0361. The van der Waals surface area contributed by atoms with E-state index in [0.29, 0.717) is 6.42 Å². The van der Waals surface area contributed by atoms with Gasteiger partial charge in [-0.2, -0.15) is 0 Å². The fourth-order valence-corrected chi connectivity index (χ4v) is 9.69. The van der Waals surface area contributed by atoms with Crippen LogP contribution < -0.4 is 5.32 Å². The third-order valence-electron chi connectivity index (χ3n) is 14.5. The van der Waals surface area contributed by atoms with Gasteiger partial charge in [0.2, 0.25) is 5.91 Å². The molecular weight excluding hydrogens is 835 g/mol. The summed E-state index contributed by atoms with van der Waals surface area (Å²) in [5, 5.41) is 33.3. The molecule has 0 fully saturated rings. The third kappa shape index (κ3) is 52.4. The van der Waals surface area contributed by atoms with Crippen molar-refractivity contribution in [3.63, 3.8) is 0 Å². The second kappa shape index (κ2) is 58.1. The largest absolute Gasteiger partial charge is 0.394 e. The summed E-state index contributed by atoms with van der Waals surface area (Å²) in [4.78, 5) is 12.6. The number of unbranched alkanes of at least 4 members (excludes halogenated alkanes) is 45. The number of aliphatic hydroxyl groups is 3. The number of amides is 1. The lowest BCUT2D eigenvalue weighted by atomic mass is 10.0. The van der Waals surface area contributed by atoms with Crippen molar-refractivity contribution in [1.29, 1.82) is 0 Å². The van der Waals surface area contributed by atoms with E-state index in [1.54, 1.807) is 6.08 Å². The van der Waals surface area contributed by atoms with Crippen LogP contribution >= 0.6 is 0 Å². The van der Waals surface area contributed by atoms with E-state index in [1.165, 1.54) is 270 Å². The molecule has 402 valence electrons. The molecule has 3 unspecified atom stereocenters. The van der Waals surface area contributed by atoms with Crippen LogP contribution in [-0.2, 0) is 4.79 Å². The van der Waals surface area contributed by atoms with Crippen LogP contribution in [0.25, 0.3) is 0 Å². The zero-order chi connectivity index (χ0) is 49.3. The van der Waals surface area contributed by atoms with Gasteiger partial charge in [0.05, 0.1) is 18.8 Å². The fourth-order valence-electron chi connectivity index (χ4n) is 9.69. The Hall–Kier alpha value is -1.43. The molecule has 1 amide bonds. The number of hydrogen-bond donors (Lipinski definition) is 4. The van der Waals surface area contributed by atoms with E-state index >= 15 is 0 Å². The average Bonchev–Trinajstić information content (AvgIpc) is 3.34. The van der Waals surface area contributed by atoms with Crippen LogP contribution in [0.15, 0.2) is 36.5 Å². The van der Waals surface area contributed by atoms with Gasteiger partial charge in [-0.05, 0) is 44.9 Å². The highest BCUT2D eigenvalue weighted by molar-refractivity contribution is 5.80. The predicted octanol–water partition coefficient (Wildman–Crippen LogP) is 19.4. The Balaban J connectivity index is 3.49. The lowest BCUT2D eigenvalue weighted by molar-refractivity contribution is -0.131. The van der Waals surface area contributed by atoms with Crippen molar-refractivity contribution in [2.45, 2.75) is 353 Å². The van der Waals surface area contributed by atoms with Gasteiger partial charge in [0, 0.05) is 0 Å². The summed E-state index contributed by atoms with van der Waals surface area (Å²) < 4.78 is 0. The summed E-state index contributed by atoms with van der Waals surface area (Å²) in [6.45, 7) is 4.20. The molecular formula is C63H121NO4. The monoisotopic (exact) mass is 956 g/mol. The van der Waals surface area contributed by atoms with E-state index in [9.17, 15) is 20.1 Å². The Morgan fingerprint density at radius 3 is 0.897 bits per heavy atom. The van der Waals surface area contributed by atoms with Crippen LogP contribution in [0.5, 0.6) is 0 Å². The molecule has 0 saturated heterocycles. The Morgan fingerprint density at radius 2 is 0.603 bits per heavy atom. The van der Waals surface area contributed by atoms with Crippen molar-refractivity contribution in [2.75, 3.05) is 6.61 Å². The lowest BCUT2D eigenvalue weighted by Crippen LogP contribution is -2.48. The minimum Gasteiger partial charge on any atom is -0.394 e. The molecule has 0 bridgehead atoms. The minimum absolute atomic E-state index is 0.379. The van der Waals surface area contributed by atoms with Crippen molar-refractivity contribution in [1.82, 2.24) is 5.32 Å². The molecule has 0 aromatic carbocycles. The summed E-state index contributed by atoms with van der Waals surface area (Å²) in [5.41, 5.74) is 0. The van der Waals surface area contributed by atoms with Gasteiger partial charge in [-0.25, -0.2) is 0 Å². The Kier molecular flexibility index (Phi) is 56.9. The van der Waals surface area contributed by atoms with Crippen LogP contribution in [0.4, 0.5) is 0 Å². The number of carbonyl (C=O) groups excluding carboxylic acids is 1. The maximum absolute atomic E-state index is 12.6. The van der Waals surface area contributed by atoms with E-state index in [0.717, 1.165) is 44.9 Å². The first-order chi connectivity index (χ1) is 33.6. The first kappa shape index (κ1) is 66.6. The zero-order valence-electron chi connectivity index (χ0n) is 46.0.